The highest BCUT2D eigenvalue weighted by Crippen LogP contribution is 2.29. The average molecular weight is 402 g/mol. The van der Waals surface area contributed by atoms with Crippen molar-refractivity contribution >= 4 is 17.3 Å². The molecule has 3 N–H and O–H groups in total. The number of nitrogens with zero attached hydrogens (tertiary/aromatic N) is 2. The van der Waals surface area contributed by atoms with Crippen molar-refractivity contribution in [2.45, 2.75) is 56.4 Å². The Morgan fingerprint density at radius 3 is 2.86 bits per heavy atom. The zero-order valence-corrected chi connectivity index (χ0v) is 16.9. The van der Waals surface area contributed by atoms with Gasteiger partial charge < -0.3 is 20.1 Å². The van der Waals surface area contributed by atoms with Crippen LogP contribution in [0.25, 0.3) is 10.6 Å². The summed E-state index contributed by atoms with van der Waals surface area (Å²) in [6, 6.07) is 6.60. The minimum atomic E-state index is 0.0848. The van der Waals surface area contributed by atoms with Gasteiger partial charge >= 0.3 is 0 Å². The van der Waals surface area contributed by atoms with Crippen LogP contribution in [0.5, 0.6) is 0 Å². The molecule has 1 saturated carbocycles. The smallest absolute Gasteiger partial charge is 0.223 e. The van der Waals surface area contributed by atoms with Crippen molar-refractivity contribution in [3.05, 3.63) is 29.8 Å². The van der Waals surface area contributed by atoms with Gasteiger partial charge in [-0.3, -0.25) is 0 Å². The molecule has 0 amide bonds. The maximum atomic E-state index is 6.14. The quantitative estimate of drug-likeness (QED) is 0.777. The molecular weight excluding hydrogens is 372 g/mol. The molecule has 0 spiro atoms. The summed E-state index contributed by atoms with van der Waals surface area (Å²) in [5, 5.41) is 8.01. The summed E-state index contributed by atoms with van der Waals surface area (Å²) >= 11 is 1.69. The SMILES string of the molecule is c1csc(-c2ccnc(N[C@H]3CO[C@H]4[C@@H]3OC[C@@H]4[NH2+]CC3CCCCC3)n2)c1. The third-order valence-electron chi connectivity index (χ3n) is 6.33. The van der Waals surface area contributed by atoms with E-state index in [2.05, 4.69) is 32.0 Å². The number of aromatic nitrogens is 2. The summed E-state index contributed by atoms with van der Waals surface area (Å²) in [4.78, 5) is 10.2. The number of quaternary nitrogens is 1. The third kappa shape index (κ3) is 3.94. The second-order valence-corrected chi connectivity index (χ2v) is 9.18. The Labute approximate surface area is 170 Å². The first-order chi connectivity index (χ1) is 13.9. The molecule has 2 saturated heterocycles. The van der Waals surface area contributed by atoms with E-state index in [9.17, 15) is 0 Å². The van der Waals surface area contributed by atoms with Crippen molar-refractivity contribution in [3.8, 4) is 10.6 Å². The molecule has 150 valence electrons. The molecule has 0 radical (unpaired) electrons. The average Bonchev–Trinajstić information content (AvgIpc) is 3.47. The summed E-state index contributed by atoms with van der Waals surface area (Å²) in [7, 11) is 0. The first-order valence-corrected chi connectivity index (χ1v) is 11.4. The minimum absolute atomic E-state index is 0.0848. The Morgan fingerprint density at radius 2 is 2.00 bits per heavy atom. The van der Waals surface area contributed by atoms with Gasteiger partial charge in [0.1, 0.15) is 24.9 Å². The lowest BCUT2D eigenvalue weighted by Gasteiger charge is -2.22. The number of nitrogens with one attached hydrogen (secondary N) is 1. The number of rotatable bonds is 6. The normalized spacial score (nSPS) is 30.4. The van der Waals surface area contributed by atoms with Crippen molar-refractivity contribution in [3.63, 3.8) is 0 Å². The third-order valence-corrected chi connectivity index (χ3v) is 7.22. The van der Waals surface area contributed by atoms with Crippen LogP contribution >= 0.6 is 11.3 Å². The van der Waals surface area contributed by atoms with Crippen LogP contribution < -0.4 is 10.6 Å². The number of nitrogens with two attached hydrogens (primary N) is 1. The molecule has 2 aromatic rings. The van der Waals surface area contributed by atoms with E-state index in [1.165, 1.54) is 38.6 Å². The summed E-state index contributed by atoms with van der Waals surface area (Å²) in [6.45, 7) is 2.64. The van der Waals surface area contributed by atoms with Gasteiger partial charge in [0.05, 0.1) is 29.8 Å². The predicted octanol–water partition coefficient (Wildman–Crippen LogP) is 2.30. The summed E-state index contributed by atoms with van der Waals surface area (Å²) in [5.41, 5.74) is 0.953. The van der Waals surface area contributed by atoms with Gasteiger partial charge in [-0.1, -0.05) is 25.3 Å². The van der Waals surface area contributed by atoms with E-state index >= 15 is 0 Å². The van der Waals surface area contributed by atoms with Gasteiger partial charge in [0, 0.05) is 12.1 Å². The maximum absolute atomic E-state index is 6.14. The highest BCUT2D eigenvalue weighted by Gasteiger charge is 2.50. The molecule has 4 atom stereocenters. The molecule has 2 aromatic heterocycles. The lowest BCUT2D eigenvalue weighted by Crippen LogP contribution is -2.93. The van der Waals surface area contributed by atoms with Crippen LogP contribution in [0.15, 0.2) is 29.8 Å². The number of fused-ring (bicyclic) bond motifs is 1. The molecule has 4 heterocycles. The highest BCUT2D eigenvalue weighted by molar-refractivity contribution is 7.13. The van der Waals surface area contributed by atoms with Gasteiger partial charge in [-0.15, -0.1) is 11.3 Å². The van der Waals surface area contributed by atoms with E-state index in [0.717, 1.165) is 23.1 Å². The molecule has 0 bridgehead atoms. The van der Waals surface area contributed by atoms with Crippen molar-refractivity contribution in [2.24, 2.45) is 5.92 Å². The standard InChI is InChI=1S/C21H28N4O2S/c1-2-5-14(6-3-1)11-23-16-12-26-20-17(13-27-19(16)20)25-21-22-9-8-15(24-21)18-7-4-10-28-18/h4,7-10,14,16-17,19-20,23H,1-3,5-6,11-13H2,(H,22,24,25)/p+1/t16-,17-,19+,20+/m0/s1. The molecule has 2 aliphatic heterocycles. The molecule has 28 heavy (non-hydrogen) atoms. The molecule has 6 nitrogen and oxygen atoms in total. The van der Waals surface area contributed by atoms with Crippen LogP contribution in [0.4, 0.5) is 5.95 Å². The van der Waals surface area contributed by atoms with E-state index in [1.807, 2.05) is 18.3 Å². The first kappa shape index (κ1) is 18.5. The maximum Gasteiger partial charge on any atom is 0.223 e. The van der Waals surface area contributed by atoms with Crippen LogP contribution in [-0.4, -0.2) is 54.0 Å². The fourth-order valence-corrected chi connectivity index (χ4v) is 5.50. The number of hydrogen-bond donors (Lipinski definition) is 2. The molecule has 3 fully saturated rings. The van der Waals surface area contributed by atoms with Gasteiger partial charge in [-0.25, -0.2) is 9.97 Å². The van der Waals surface area contributed by atoms with Crippen LogP contribution in [-0.2, 0) is 9.47 Å². The van der Waals surface area contributed by atoms with E-state index in [4.69, 9.17) is 9.47 Å². The van der Waals surface area contributed by atoms with Crippen LogP contribution in [0.3, 0.4) is 0 Å². The molecule has 1 aliphatic carbocycles. The lowest BCUT2D eigenvalue weighted by atomic mass is 9.89. The molecule has 0 aromatic carbocycles. The summed E-state index contributed by atoms with van der Waals surface area (Å²) in [6.07, 6.45) is 9.07. The zero-order chi connectivity index (χ0) is 18.8. The van der Waals surface area contributed by atoms with E-state index < -0.39 is 0 Å². The van der Waals surface area contributed by atoms with Crippen LogP contribution in [0, 0.1) is 5.92 Å². The number of ether oxygens (including phenoxy) is 2. The molecule has 0 unspecified atom stereocenters. The largest absolute Gasteiger partial charge is 0.367 e. The van der Waals surface area contributed by atoms with Gasteiger partial charge in [-0.2, -0.15) is 0 Å². The summed E-state index contributed by atoms with van der Waals surface area (Å²) < 4.78 is 12.3. The van der Waals surface area contributed by atoms with Crippen molar-refractivity contribution in [2.75, 3.05) is 25.1 Å². The van der Waals surface area contributed by atoms with Gasteiger partial charge in [0.2, 0.25) is 5.95 Å². The van der Waals surface area contributed by atoms with Crippen molar-refractivity contribution < 1.29 is 14.8 Å². The first-order valence-electron chi connectivity index (χ1n) is 10.6. The Bertz CT molecular complexity index is 766. The number of hydrogen-bond acceptors (Lipinski definition) is 6. The monoisotopic (exact) mass is 401 g/mol. The molecule has 3 aliphatic rings. The predicted molar refractivity (Wildman–Crippen MR) is 109 cm³/mol. The fourth-order valence-electron chi connectivity index (χ4n) is 4.80. The Balaban J connectivity index is 1.18. The number of anilines is 1. The second-order valence-electron chi connectivity index (χ2n) is 8.23. The topological polar surface area (TPSA) is 72.9 Å². The van der Waals surface area contributed by atoms with E-state index in [-0.39, 0.29) is 18.2 Å². The zero-order valence-electron chi connectivity index (χ0n) is 16.1. The van der Waals surface area contributed by atoms with Gasteiger partial charge in [0.25, 0.3) is 0 Å². The second kappa shape index (κ2) is 8.45. The van der Waals surface area contributed by atoms with Crippen LogP contribution in [0.1, 0.15) is 32.1 Å². The van der Waals surface area contributed by atoms with E-state index in [0.29, 0.717) is 18.6 Å². The fraction of sp³-hybridized carbons (Fsp3) is 0.619. The van der Waals surface area contributed by atoms with Crippen LogP contribution in [0.2, 0.25) is 0 Å². The van der Waals surface area contributed by atoms with Crippen molar-refractivity contribution in [1.82, 2.24) is 9.97 Å². The van der Waals surface area contributed by atoms with Gasteiger partial charge in [0.15, 0.2) is 0 Å². The summed E-state index contributed by atoms with van der Waals surface area (Å²) in [5.74, 6) is 1.52. The Kier molecular flexibility index (Phi) is 5.58. The molecular formula is C21H29N4O2S+. The molecule has 5 rings (SSSR count). The van der Waals surface area contributed by atoms with E-state index in [1.54, 1.807) is 11.3 Å². The highest BCUT2D eigenvalue weighted by atomic mass is 32.1. The molecule has 7 heteroatoms. The van der Waals surface area contributed by atoms with Crippen molar-refractivity contribution in [1.29, 1.82) is 0 Å². The Morgan fingerprint density at radius 1 is 1.11 bits per heavy atom. The minimum Gasteiger partial charge on any atom is -0.367 e. The number of thiophene rings is 1. The lowest BCUT2D eigenvalue weighted by molar-refractivity contribution is -0.698. The Hall–Kier alpha value is -1.54. The van der Waals surface area contributed by atoms with Gasteiger partial charge in [-0.05, 0) is 30.4 Å².